The lowest BCUT2D eigenvalue weighted by Gasteiger charge is -2.19. The summed E-state index contributed by atoms with van der Waals surface area (Å²) in [6, 6.07) is 20.1. The number of carbonyl (C=O) groups is 2. The van der Waals surface area contributed by atoms with Crippen molar-refractivity contribution in [3.8, 4) is 0 Å². The number of nitrogens with zero attached hydrogens (tertiary/aromatic N) is 2. The Hall–Kier alpha value is -3.93. The van der Waals surface area contributed by atoms with Gasteiger partial charge in [-0.2, -0.15) is 0 Å². The van der Waals surface area contributed by atoms with Crippen molar-refractivity contribution in [3.63, 3.8) is 0 Å². The first kappa shape index (κ1) is 17.5. The van der Waals surface area contributed by atoms with Gasteiger partial charge in [-0.05, 0) is 36.4 Å². The molecule has 138 valence electrons. The molecule has 1 aliphatic heterocycles. The van der Waals surface area contributed by atoms with Gasteiger partial charge in [-0.15, -0.1) is 0 Å². The van der Waals surface area contributed by atoms with E-state index in [1.807, 2.05) is 30.3 Å². The van der Waals surface area contributed by atoms with Gasteiger partial charge < -0.3 is 9.73 Å². The zero-order chi connectivity index (χ0) is 19.5. The summed E-state index contributed by atoms with van der Waals surface area (Å²) < 4.78 is 5.32. The lowest BCUT2D eigenvalue weighted by Crippen LogP contribution is -2.32. The SMILES string of the molecule is CC(=O)Nc1ccc(N2C(=O)/C(=C/c3ccco3)N=C2c2ccccc2)cc1. The highest BCUT2D eigenvalue weighted by Crippen LogP contribution is 2.28. The Morgan fingerprint density at radius 2 is 1.79 bits per heavy atom. The highest BCUT2D eigenvalue weighted by molar-refractivity contribution is 6.33. The normalized spacial score (nSPS) is 15.0. The molecule has 0 spiro atoms. The zero-order valence-electron chi connectivity index (χ0n) is 15.1. The van der Waals surface area contributed by atoms with Gasteiger partial charge in [-0.3, -0.25) is 14.5 Å². The lowest BCUT2D eigenvalue weighted by molar-refractivity contribution is -0.114. The van der Waals surface area contributed by atoms with Crippen molar-refractivity contribution in [1.82, 2.24) is 0 Å². The van der Waals surface area contributed by atoms with Gasteiger partial charge in [0.15, 0.2) is 0 Å². The van der Waals surface area contributed by atoms with E-state index in [0.717, 1.165) is 5.56 Å². The maximum Gasteiger partial charge on any atom is 0.282 e. The van der Waals surface area contributed by atoms with E-state index < -0.39 is 0 Å². The van der Waals surface area contributed by atoms with Crippen LogP contribution in [0.4, 0.5) is 11.4 Å². The average molecular weight is 371 g/mol. The first-order chi connectivity index (χ1) is 13.6. The summed E-state index contributed by atoms with van der Waals surface area (Å²) in [5.74, 6) is 0.695. The molecule has 2 aromatic carbocycles. The van der Waals surface area contributed by atoms with Gasteiger partial charge in [-0.25, -0.2) is 4.99 Å². The molecule has 2 heterocycles. The number of amidine groups is 1. The number of furan rings is 1. The third-order valence-electron chi connectivity index (χ3n) is 4.16. The van der Waals surface area contributed by atoms with Crippen molar-refractivity contribution in [3.05, 3.63) is 90.0 Å². The largest absolute Gasteiger partial charge is 0.465 e. The number of rotatable bonds is 4. The fraction of sp³-hybridized carbons (Fsp3) is 0.0455. The smallest absolute Gasteiger partial charge is 0.282 e. The van der Waals surface area contributed by atoms with Gasteiger partial charge in [0, 0.05) is 24.3 Å². The Kier molecular flexibility index (Phi) is 4.60. The van der Waals surface area contributed by atoms with Crippen LogP contribution in [0.1, 0.15) is 18.2 Å². The Balaban J connectivity index is 1.75. The summed E-state index contributed by atoms with van der Waals surface area (Å²) in [4.78, 5) is 30.5. The highest BCUT2D eigenvalue weighted by Gasteiger charge is 2.32. The molecular formula is C22H17N3O3. The number of carbonyl (C=O) groups excluding carboxylic acids is 2. The predicted molar refractivity (Wildman–Crippen MR) is 108 cm³/mol. The molecule has 1 aromatic heterocycles. The third-order valence-corrected chi connectivity index (χ3v) is 4.16. The van der Waals surface area contributed by atoms with E-state index in [1.54, 1.807) is 53.6 Å². The quantitative estimate of drug-likeness (QED) is 0.703. The van der Waals surface area contributed by atoms with Crippen LogP contribution < -0.4 is 10.2 Å². The van der Waals surface area contributed by atoms with E-state index in [0.29, 0.717) is 28.7 Å². The third kappa shape index (κ3) is 3.48. The number of nitrogens with one attached hydrogen (secondary N) is 1. The fourth-order valence-corrected chi connectivity index (χ4v) is 2.94. The van der Waals surface area contributed by atoms with Crippen molar-refractivity contribution in [1.29, 1.82) is 0 Å². The maximum absolute atomic E-state index is 13.1. The van der Waals surface area contributed by atoms with Crippen LogP contribution in [0.15, 0.2) is 88.1 Å². The van der Waals surface area contributed by atoms with Crippen molar-refractivity contribution in [2.45, 2.75) is 6.92 Å². The Morgan fingerprint density at radius 3 is 2.43 bits per heavy atom. The summed E-state index contributed by atoms with van der Waals surface area (Å²) in [6.07, 6.45) is 3.17. The molecule has 0 fully saturated rings. The number of amides is 2. The van der Waals surface area contributed by atoms with Crippen LogP contribution in [0.25, 0.3) is 6.08 Å². The molecule has 6 heteroatoms. The van der Waals surface area contributed by atoms with Gasteiger partial charge in [0.05, 0.1) is 12.0 Å². The first-order valence-corrected chi connectivity index (χ1v) is 8.73. The Bertz CT molecular complexity index is 1070. The second-order valence-corrected chi connectivity index (χ2v) is 6.22. The molecule has 4 rings (SSSR count). The van der Waals surface area contributed by atoms with Gasteiger partial charge in [-0.1, -0.05) is 30.3 Å². The first-order valence-electron chi connectivity index (χ1n) is 8.73. The molecule has 1 N–H and O–H groups in total. The van der Waals surface area contributed by atoms with E-state index in [2.05, 4.69) is 10.3 Å². The minimum Gasteiger partial charge on any atom is -0.465 e. The summed E-state index contributed by atoms with van der Waals surface area (Å²) in [5, 5.41) is 2.72. The molecule has 1 aliphatic rings. The van der Waals surface area contributed by atoms with Crippen LogP contribution in [0.5, 0.6) is 0 Å². The number of benzene rings is 2. The van der Waals surface area contributed by atoms with Crippen molar-refractivity contribution < 1.29 is 14.0 Å². The van der Waals surface area contributed by atoms with Gasteiger partial charge in [0.1, 0.15) is 17.3 Å². The lowest BCUT2D eigenvalue weighted by atomic mass is 10.1. The molecule has 0 aliphatic carbocycles. The van der Waals surface area contributed by atoms with Crippen molar-refractivity contribution in [2.75, 3.05) is 10.2 Å². The molecule has 0 bridgehead atoms. The van der Waals surface area contributed by atoms with E-state index in [4.69, 9.17) is 4.42 Å². The van der Waals surface area contributed by atoms with Crippen molar-refractivity contribution in [2.24, 2.45) is 4.99 Å². The topological polar surface area (TPSA) is 74.9 Å². The number of hydrogen-bond donors (Lipinski definition) is 1. The number of anilines is 2. The molecule has 28 heavy (non-hydrogen) atoms. The fourth-order valence-electron chi connectivity index (χ4n) is 2.94. The predicted octanol–water partition coefficient (Wildman–Crippen LogP) is 4.07. The Morgan fingerprint density at radius 1 is 1.04 bits per heavy atom. The van der Waals surface area contributed by atoms with Crippen LogP contribution in [-0.4, -0.2) is 17.6 Å². The summed E-state index contributed by atoms with van der Waals surface area (Å²) >= 11 is 0. The highest BCUT2D eigenvalue weighted by atomic mass is 16.3. The average Bonchev–Trinajstić information content (AvgIpc) is 3.32. The van der Waals surface area contributed by atoms with Crippen LogP contribution in [0, 0.1) is 0 Å². The van der Waals surface area contributed by atoms with Crippen LogP contribution in [0.3, 0.4) is 0 Å². The summed E-state index contributed by atoms with van der Waals surface area (Å²) in [5.41, 5.74) is 2.43. The molecule has 0 saturated carbocycles. The molecule has 0 atom stereocenters. The minimum absolute atomic E-state index is 0.153. The number of aliphatic imine (C=N–C) groups is 1. The summed E-state index contributed by atoms with van der Waals surface area (Å²) in [7, 11) is 0. The van der Waals surface area contributed by atoms with Gasteiger partial charge in [0.2, 0.25) is 5.91 Å². The zero-order valence-corrected chi connectivity index (χ0v) is 15.1. The summed E-state index contributed by atoms with van der Waals surface area (Å²) in [6.45, 7) is 1.45. The standard InChI is InChI=1S/C22H17N3O3/c1-15(26)23-17-9-11-18(12-10-17)25-21(16-6-3-2-4-7-16)24-20(22(25)27)14-19-8-5-13-28-19/h2-14H,1H3,(H,23,26)/b20-14-. The molecule has 0 radical (unpaired) electrons. The maximum atomic E-state index is 13.1. The minimum atomic E-state index is -0.248. The van der Waals surface area contributed by atoms with E-state index in [-0.39, 0.29) is 11.8 Å². The van der Waals surface area contributed by atoms with E-state index >= 15 is 0 Å². The van der Waals surface area contributed by atoms with Crippen LogP contribution >= 0.6 is 0 Å². The molecule has 0 saturated heterocycles. The number of hydrogen-bond acceptors (Lipinski definition) is 4. The second-order valence-electron chi connectivity index (χ2n) is 6.22. The van der Waals surface area contributed by atoms with Crippen LogP contribution in [0.2, 0.25) is 0 Å². The van der Waals surface area contributed by atoms with E-state index in [9.17, 15) is 9.59 Å². The van der Waals surface area contributed by atoms with Crippen molar-refractivity contribution >= 4 is 35.1 Å². The second kappa shape index (κ2) is 7.36. The molecule has 2 amide bonds. The van der Waals surface area contributed by atoms with Crippen LogP contribution in [-0.2, 0) is 9.59 Å². The molecule has 3 aromatic rings. The van der Waals surface area contributed by atoms with Gasteiger partial charge >= 0.3 is 0 Å². The molecular weight excluding hydrogens is 354 g/mol. The Labute approximate surface area is 161 Å². The molecule has 6 nitrogen and oxygen atoms in total. The van der Waals surface area contributed by atoms with Gasteiger partial charge in [0.25, 0.3) is 5.91 Å². The monoisotopic (exact) mass is 371 g/mol. The van der Waals surface area contributed by atoms with E-state index in [1.165, 1.54) is 6.92 Å². The molecule has 0 unspecified atom stereocenters.